The Labute approximate surface area is 196 Å². The molecule has 8 nitrogen and oxygen atoms in total. The van der Waals surface area contributed by atoms with Crippen LogP contribution in [-0.2, 0) is 19.2 Å². The Balaban J connectivity index is 1.54. The fourth-order valence-corrected chi connectivity index (χ4v) is 4.47. The second kappa shape index (κ2) is 8.64. The van der Waals surface area contributed by atoms with Gasteiger partial charge < -0.3 is 9.47 Å². The molecule has 0 aromatic heterocycles. The second-order valence-electron chi connectivity index (χ2n) is 7.98. The molecule has 0 bridgehead atoms. The van der Waals surface area contributed by atoms with Gasteiger partial charge in [0.2, 0.25) is 5.91 Å². The third-order valence-corrected chi connectivity index (χ3v) is 6.13. The summed E-state index contributed by atoms with van der Waals surface area (Å²) in [5.41, 5.74) is 2.30. The summed E-state index contributed by atoms with van der Waals surface area (Å²) in [5.74, 6) is -1.36. The second-order valence-corrected chi connectivity index (χ2v) is 7.98. The van der Waals surface area contributed by atoms with Crippen LogP contribution >= 0.6 is 0 Å². The van der Waals surface area contributed by atoms with E-state index < -0.39 is 29.9 Å². The van der Waals surface area contributed by atoms with Gasteiger partial charge in [-0.15, -0.1) is 0 Å². The lowest BCUT2D eigenvalue weighted by atomic mass is 9.90. The molecule has 172 valence electrons. The van der Waals surface area contributed by atoms with Crippen molar-refractivity contribution in [2.24, 2.45) is 5.92 Å². The molecule has 0 unspecified atom stereocenters. The molecule has 0 saturated carbocycles. The van der Waals surface area contributed by atoms with Crippen LogP contribution in [0.3, 0.4) is 0 Å². The minimum absolute atomic E-state index is 0.347. The summed E-state index contributed by atoms with van der Waals surface area (Å²) in [6.45, 7) is 0. The lowest BCUT2D eigenvalue weighted by molar-refractivity contribution is -0.126. The number of anilines is 2. The highest BCUT2D eigenvalue weighted by Gasteiger charge is 2.60. The molecule has 8 heteroatoms. The van der Waals surface area contributed by atoms with E-state index >= 15 is 0 Å². The number of benzene rings is 3. The van der Waals surface area contributed by atoms with Crippen LogP contribution in [0.4, 0.5) is 11.4 Å². The number of nitrogens with zero attached hydrogens (tertiary/aromatic N) is 2. The Morgan fingerprint density at radius 2 is 1.50 bits per heavy atom. The summed E-state index contributed by atoms with van der Waals surface area (Å²) in [6, 6.07) is 22.3. The van der Waals surface area contributed by atoms with Gasteiger partial charge in [-0.3, -0.25) is 14.4 Å². The molecule has 2 aliphatic heterocycles. The highest BCUT2D eigenvalue weighted by molar-refractivity contribution is 6.23. The fourth-order valence-electron chi connectivity index (χ4n) is 4.47. The van der Waals surface area contributed by atoms with Crippen molar-refractivity contribution in [1.82, 2.24) is 0 Å². The number of fused-ring (bicyclic) bond motifs is 1. The number of imide groups is 1. The van der Waals surface area contributed by atoms with Crippen LogP contribution < -0.4 is 14.7 Å². The van der Waals surface area contributed by atoms with Gasteiger partial charge in [0.25, 0.3) is 5.91 Å². The lowest BCUT2D eigenvalue weighted by Crippen LogP contribution is -2.37. The van der Waals surface area contributed by atoms with E-state index in [2.05, 4.69) is 0 Å². The van der Waals surface area contributed by atoms with E-state index in [4.69, 9.17) is 14.3 Å². The Morgan fingerprint density at radius 3 is 2.12 bits per heavy atom. The average molecular weight is 458 g/mol. The molecular formula is C26H22N2O6. The van der Waals surface area contributed by atoms with Gasteiger partial charge in [-0.2, -0.15) is 0 Å². The highest BCUT2D eigenvalue weighted by Crippen LogP contribution is 2.47. The van der Waals surface area contributed by atoms with E-state index in [1.165, 1.54) is 12.0 Å². The smallest absolute Gasteiger partial charge is 0.337 e. The monoisotopic (exact) mass is 458 g/mol. The van der Waals surface area contributed by atoms with Crippen LogP contribution in [0.2, 0.25) is 0 Å². The van der Waals surface area contributed by atoms with E-state index in [9.17, 15) is 14.4 Å². The molecule has 0 spiro atoms. The quantitative estimate of drug-likeness (QED) is 0.427. The number of hydrogen-bond donors (Lipinski definition) is 0. The summed E-state index contributed by atoms with van der Waals surface area (Å²) in [4.78, 5) is 46.2. The molecule has 5 rings (SSSR count). The molecule has 2 aliphatic rings. The van der Waals surface area contributed by atoms with Gasteiger partial charge in [0, 0.05) is 0 Å². The lowest BCUT2D eigenvalue weighted by Gasteiger charge is -2.28. The summed E-state index contributed by atoms with van der Waals surface area (Å²) in [5, 5.41) is 1.61. The molecule has 34 heavy (non-hydrogen) atoms. The van der Waals surface area contributed by atoms with Gasteiger partial charge in [-0.25, -0.2) is 14.8 Å². The van der Waals surface area contributed by atoms with E-state index in [-0.39, 0.29) is 5.91 Å². The number of rotatable bonds is 5. The van der Waals surface area contributed by atoms with Crippen molar-refractivity contribution in [3.63, 3.8) is 0 Å². The number of carbonyl (C=O) groups is 3. The SMILES string of the molecule is COC(=O)c1ccc([C@@H]2[C@@H]3C(=O)N(c4ccc(OC)cc4)C(=O)[C@H]3ON2c2ccccc2)cc1. The first-order chi connectivity index (χ1) is 16.5. The van der Waals surface area contributed by atoms with Gasteiger partial charge in [-0.05, 0) is 54.1 Å². The minimum atomic E-state index is -0.972. The van der Waals surface area contributed by atoms with Gasteiger partial charge in [0.1, 0.15) is 11.7 Å². The molecule has 2 fully saturated rings. The van der Waals surface area contributed by atoms with Crippen LogP contribution in [0.25, 0.3) is 0 Å². The summed E-state index contributed by atoms with van der Waals surface area (Å²) in [6.07, 6.45) is -0.972. The van der Waals surface area contributed by atoms with Crippen LogP contribution in [0.1, 0.15) is 22.0 Å². The molecule has 2 amide bonds. The Kier molecular flexibility index (Phi) is 5.51. The van der Waals surface area contributed by atoms with Gasteiger partial charge in [0.05, 0.1) is 37.2 Å². The normalized spacial score (nSPS) is 21.5. The third-order valence-electron chi connectivity index (χ3n) is 6.13. The van der Waals surface area contributed by atoms with E-state index in [1.54, 1.807) is 60.7 Å². The molecule has 0 radical (unpaired) electrons. The van der Waals surface area contributed by atoms with Gasteiger partial charge >= 0.3 is 5.97 Å². The number of hydroxylamine groups is 1. The first kappa shape index (κ1) is 21.7. The number of esters is 1. The Hall–Kier alpha value is -4.17. The maximum atomic E-state index is 13.6. The molecule has 3 atom stereocenters. The first-order valence-corrected chi connectivity index (χ1v) is 10.7. The van der Waals surface area contributed by atoms with Crippen molar-refractivity contribution in [3.8, 4) is 5.75 Å². The zero-order chi connectivity index (χ0) is 23.8. The highest BCUT2D eigenvalue weighted by atomic mass is 16.7. The van der Waals surface area contributed by atoms with E-state index in [0.29, 0.717) is 17.0 Å². The molecule has 2 saturated heterocycles. The number of methoxy groups -OCH3 is 2. The Morgan fingerprint density at radius 1 is 0.824 bits per heavy atom. The van der Waals surface area contributed by atoms with Crippen LogP contribution in [0, 0.1) is 5.92 Å². The Bertz CT molecular complexity index is 1230. The van der Waals surface area contributed by atoms with E-state index in [1.807, 2.05) is 30.3 Å². The van der Waals surface area contributed by atoms with Crippen LogP contribution in [0.15, 0.2) is 78.9 Å². The van der Waals surface area contributed by atoms with E-state index in [0.717, 1.165) is 11.3 Å². The summed E-state index contributed by atoms with van der Waals surface area (Å²) in [7, 11) is 2.87. The predicted molar refractivity (Wildman–Crippen MR) is 123 cm³/mol. The number of amides is 2. The van der Waals surface area contributed by atoms with Crippen molar-refractivity contribution in [2.75, 3.05) is 24.2 Å². The summed E-state index contributed by atoms with van der Waals surface area (Å²) >= 11 is 0. The zero-order valence-corrected chi connectivity index (χ0v) is 18.6. The number of ether oxygens (including phenoxy) is 2. The number of hydrogen-bond acceptors (Lipinski definition) is 7. The van der Waals surface area contributed by atoms with Crippen molar-refractivity contribution in [2.45, 2.75) is 12.1 Å². The third kappa shape index (κ3) is 3.48. The number of para-hydroxylation sites is 1. The minimum Gasteiger partial charge on any atom is -0.497 e. The molecule has 0 aliphatic carbocycles. The molecule has 0 N–H and O–H groups in total. The van der Waals surface area contributed by atoms with Crippen molar-refractivity contribution in [3.05, 3.63) is 90.0 Å². The van der Waals surface area contributed by atoms with Crippen LogP contribution in [0.5, 0.6) is 5.75 Å². The topological polar surface area (TPSA) is 85.4 Å². The zero-order valence-electron chi connectivity index (χ0n) is 18.6. The molecule has 3 aromatic rings. The molecule has 3 aromatic carbocycles. The average Bonchev–Trinajstić information content (AvgIpc) is 3.40. The predicted octanol–water partition coefficient (Wildman–Crippen LogP) is 3.53. The number of carbonyl (C=O) groups excluding carboxylic acids is 3. The largest absolute Gasteiger partial charge is 0.497 e. The molecular weight excluding hydrogens is 436 g/mol. The standard InChI is InChI=1S/C26H22N2O6/c1-32-20-14-12-18(13-15-20)27-24(29)21-22(16-8-10-17(11-9-16)26(31)33-2)28(34-23(21)25(27)30)19-6-4-3-5-7-19/h3-15,21-23H,1-2H3/t21-,22+,23-/m0/s1. The van der Waals surface area contributed by atoms with Gasteiger partial charge in [-0.1, -0.05) is 30.3 Å². The van der Waals surface area contributed by atoms with Crippen molar-refractivity contribution < 1.29 is 28.7 Å². The van der Waals surface area contributed by atoms with Crippen LogP contribution in [-0.4, -0.2) is 38.1 Å². The van der Waals surface area contributed by atoms with Gasteiger partial charge in [0.15, 0.2) is 6.10 Å². The van der Waals surface area contributed by atoms with Crippen molar-refractivity contribution >= 4 is 29.2 Å². The molecule has 2 heterocycles. The van der Waals surface area contributed by atoms with Crippen molar-refractivity contribution in [1.29, 1.82) is 0 Å². The summed E-state index contributed by atoms with van der Waals surface area (Å²) < 4.78 is 9.96. The fraction of sp³-hybridized carbons (Fsp3) is 0.192. The maximum Gasteiger partial charge on any atom is 0.337 e. The maximum absolute atomic E-state index is 13.6. The first-order valence-electron chi connectivity index (χ1n) is 10.7.